The molecule has 0 aliphatic carbocycles. The molecule has 0 amide bonds. The van der Waals surface area contributed by atoms with Crippen LogP contribution in [0.2, 0.25) is 0 Å². The molecule has 1 saturated heterocycles. The van der Waals surface area contributed by atoms with Crippen molar-refractivity contribution in [2.45, 2.75) is 38.1 Å². The molecule has 5 heteroatoms. The molecule has 2 heterocycles. The summed E-state index contributed by atoms with van der Waals surface area (Å²) in [6.07, 6.45) is 6.72. The molecule has 1 aromatic heterocycles. The van der Waals surface area contributed by atoms with E-state index >= 15 is 0 Å². The monoisotopic (exact) mass is 276 g/mol. The Morgan fingerprint density at radius 1 is 1.40 bits per heavy atom. The Morgan fingerprint density at radius 3 is 2.95 bits per heavy atom. The van der Waals surface area contributed by atoms with Gasteiger partial charge in [0.1, 0.15) is 0 Å². The molecule has 5 nitrogen and oxygen atoms in total. The zero-order valence-electron chi connectivity index (χ0n) is 11.5. The number of hydrogen-bond donors (Lipinski definition) is 1. The van der Waals surface area contributed by atoms with Gasteiger partial charge < -0.3 is 5.11 Å². The highest BCUT2D eigenvalue weighted by Gasteiger charge is 2.25. The van der Waals surface area contributed by atoms with Gasteiger partial charge in [-0.3, -0.25) is 19.5 Å². The summed E-state index contributed by atoms with van der Waals surface area (Å²) in [6, 6.07) is 3.85. The number of pyridine rings is 1. The lowest BCUT2D eigenvalue weighted by Crippen LogP contribution is -2.32. The fraction of sp³-hybridized carbons (Fsp3) is 0.533. The predicted molar refractivity (Wildman–Crippen MR) is 74.6 cm³/mol. The predicted octanol–water partition coefficient (Wildman–Crippen LogP) is 1.98. The first-order valence-electron chi connectivity index (χ1n) is 7.06. The normalized spacial score (nSPS) is 19.1. The highest BCUT2D eigenvalue weighted by molar-refractivity contribution is 5.95. The van der Waals surface area contributed by atoms with Crippen LogP contribution in [0.25, 0.3) is 0 Å². The number of hydrogen-bond acceptors (Lipinski definition) is 4. The summed E-state index contributed by atoms with van der Waals surface area (Å²) in [6.45, 7) is 1.67. The van der Waals surface area contributed by atoms with Crippen LogP contribution in [0.3, 0.4) is 0 Å². The van der Waals surface area contributed by atoms with Gasteiger partial charge in [-0.15, -0.1) is 0 Å². The van der Waals surface area contributed by atoms with Gasteiger partial charge in [-0.1, -0.05) is 0 Å². The van der Waals surface area contributed by atoms with E-state index in [1.807, 2.05) is 0 Å². The van der Waals surface area contributed by atoms with Crippen molar-refractivity contribution in [2.24, 2.45) is 0 Å². The molecule has 2 rings (SSSR count). The first-order valence-corrected chi connectivity index (χ1v) is 7.06. The summed E-state index contributed by atoms with van der Waals surface area (Å²) in [7, 11) is 0. The third kappa shape index (κ3) is 4.13. The van der Waals surface area contributed by atoms with Crippen molar-refractivity contribution in [1.82, 2.24) is 9.88 Å². The van der Waals surface area contributed by atoms with Gasteiger partial charge in [0.25, 0.3) is 0 Å². The zero-order valence-corrected chi connectivity index (χ0v) is 11.5. The number of aromatic nitrogens is 1. The molecule has 0 bridgehead atoms. The number of carboxylic acids is 1. The molecule has 108 valence electrons. The summed E-state index contributed by atoms with van der Waals surface area (Å²) in [4.78, 5) is 28.8. The molecule has 1 N–H and O–H groups in total. The van der Waals surface area contributed by atoms with Gasteiger partial charge in [0, 0.05) is 43.4 Å². The van der Waals surface area contributed by atoms with Gasteiger partial charge >= 0.3 is 5.97 Å². The molecule has 1 aromatic rings. The van der Waals surface area contributed by atoms with Crippen molar-refractivity contribution >= 4 is 11.8 Å². The van der Waals surface area contributed by atoms with Crippen LogP contribution in [0.1, 0.15) is 42.5 Å². The second kappa shape index (κ2) is 7.14. The van der Waals surface area contributed by atoms with Crippen molar-refractivity contribution in [1.29, 1.82) is 0 Å². The van der Waals surface area contributed by atoms with Gasteiger partial charge in [0.2, 0.25) is 0 Å². The van der Waals surface area contributed by atoms with Gasteiger partial charge in [-0.25, -0.2) is 0 Å². The molecule has 0 aromatic carbocycles. The highest BCUT2D eigenvalue weighted by atomic mass is 16.4. The van der Waals surface area contributed by atoms with Gasteiger partial charge in [0.15, 0.2) is 5.78 Å². The van der Waals surface area contributed by atoms with E-state index in [1.54, 1.807) is 24.5 Å². The molecule has 20 heavy (non-hydrogen) atoms. The van der Waals surface area contributed by atoms with E-state index in [2.05, 4.69) is 9.88 Å². The van der Waals surface area contributed by atoms with Gasteiger partial charge in [-0.2, -0.15) is 0 Å². The second-order valence-corrected chi connectivity index (χ2v) is 5.18. The van der Waals surface area contributed by atoms with Crippen LogP contribution in [0.15, 0.2) is 24.5 Å². The second-order valence-electron chi connectivity index (χ2n) is 5.18. The Labute approximate surface area is 118 Å². The van der Waals surface area contributed by atoms with Gasteiger partial charge in [-0.05, 0) is 37.9 Å². The van der Waals surface area contributed by atoms with E-state index in [0.717, 1.165) is 19.4 Å². The number of ketones is 1. The van der Waals surface area contributed by atoms with Crippen LogP contribution in [0.5, 0.6) is 0 Å². The van der Waals surface area contributed by atoms with Crippen LogP contribution in [0.4, 0.5) is 0 Å². The topological polar surface area (TPSA) is 70.5 Å². The van der Waals surface area contributed by atoms with E-state index in [4.69, 9.17) is 5.11 Å². The van der Waals surface area contributed by atoms with Crippen molar-refractivity contribution in [3.05, 3.63) is 30.1 Å². The van der Waals surface area contributed by atoms with Crippen molar-refractivity contribution < 1.29 is 14.7 Å². The summed E-state index contributed by atoms with van der Waals surface area (Å²) >= 11 is 0. The SMILES string of the molecule is O=C(O)CCC1CCCN1CCC(=O)c1cccnc1. The van der Waals surface area contributed by atoms with Gasteiger partial charge in [0.05, 0.1) is 0 Å². The van der Waals surface area contributed by atoms with Crippen molar-refractivity contribution in [3.8, 4) is 0 Å². The highest BCUT2D eigenvalue weighted by Crippen LogP contribution is 2.21. The number of likely N-dealkylation sites (tertiary alicyclic amines) is 1. The lowest BCUT2D eigenvalue weighted by molar-refractivity contribution is -0.137. The molecule has 0 radical (unpaired) electrons. The summed E-state index contributed by atoms with van der Waals surface area (Å²) < 4.78 is 0. The number of nitrogens with zero attached hydrogens (tertiary/aromatic N) is 2. The Hall–Kier alpha value is -1.75. The minimum Gasteiger partial charge on any atom is -0.481 e. The Balaban J connectivity index is 1.80. The molecule has 1 aliphatic heterocycles. The number of carbonyl (C=O) groups excluding carboxylic acids is 1. The van der Waals surface area contributed by atoms with E-state index in [0.29, 0.717) is 31.0 Å². The van der Waals surface area contributed by atoms with Crippen LogP contribution in [-0.4, -0.2) is 45.9 Å². The van der Waals surface area contributed by atoms with Crippen LogP contribution >= 0.6 is 0 Å². The maximum absolute atomic E-state index is 12.0. The molecule has 1 fully saturated rings. The van der Waals surface area contributed by atoms with E-state index in [-0.39, 0.29) is 12.2 Å². The van der Waals surface area contributed by atoms with Crippen LogP contribution in [-0.2, 0) is 4.79 Å². The fourth-order valence-electron chi connectivity index (χ4n) is 2.72. The third-order valence-electron chi connectivity index (χ3n) is 3.80. The van der Waals surface area contributed by atoms with E-state index < -0.39 is 5.97 Å². The zero-order chi connectivity index (χ0) is 14.4. The van der Waals surface area contributed by atoms with Crippen LogP contribution < -0.4 is 0 Å². The molecule has 0 saturated carbocycles. The standard InChI is InChI=1S/C15H20N2O3/c18-14(12-3-1-8-16-11-12)7-10-17-9-2-4-13(17)5-6-15(19)20/h1,3,8,11,13H,2,4-7,9-10H2,(H,19,20). The number of rotatable bonds is 7. The molecular formula is C15H20N2O3. The van der Waals surface area contributed by atoms with Crippen LogP contribution in [0, 0.1) is 0 Å². The molecule has 0 spiro atoms. The molecule has 1 atom stereocenters. The summed E-state index contributed by atoms with van der Waals surface area (Å²) in [5.41, 5.74) is 0.647. The largest absolute Gasteiger partial charge is 0.481 e. The number of carboxylic acid groups (broad SMARTS) is 1. The van der Waals surface area contributed by atoms with E-state index in [1.165, 1.54) is 0 Å². The summed E-state index contributed by atoms with van der Waals surface area (Å²) in [5.74, 6) is -0.648. The Kier molecular flexibility index (Phi) is 5.24. The minimum atomic E-state index is -0.747. The molecule has 1 aliphatic rings. The number of Topliss-reactive ketones (excluding diaryl/α,β-unsaturated/α-hetero) is 1. The molecular weight excluding hydrogens is 256 g/mol. The minimum absolute atomic E-state index is 0.0991. The van der Waals surface area contributed by atoms with Crippen molar-refractivity contribution in [3.63, 3.8) is 0 Å². The first-order chi connectivity index (χ1) is 9.66. The summed E-state index contributed by atoms with van der Waals surface area (Å²) in [5, 5.41) is 8.75. The number of carbonyl (C=O) groups is 2. The third-order valence-corrected chi connectivity index (χ3v) is 3.80. The fourth-order valence-corrected chi connectivity index (χ4v) is 2.72. The maximum atomic E-state index is 12.0. The Morgan fingerprint density at radius 2 is 2.25 bits per heavy atom. The Bertz CT molecular complexity index is 461. The lowest BCUT2D eigenvalue weighted by Gasteiger charge is -2.23. The van der Waals surface area contributed by atoms with E-state index in [9.17, 15) is 9.59 Å². The average Bonchev–Trinajstić information content (AvgIpc) is 2.91. The quantitative estimate of drug-likeness (QED) is 0.771. The maximum Gasteiger partial charge on any atom is 0.303 e. The average molecular weight is 276 g/mol. The van der Waals surface area contributed by atoms with Crippen molar-refractivity contribution in [2.75, 3.05) is 13.1 Å². The molecule has 1 unspecified atom stereocenters. The first kappa shape index (κ1) is 14.7. The smallest absolute Gasteiger partial charge is 0.303 e. The lowest BCUT2D eigenvalue weighted by atomic mass is 10.1. The number of aliphatic carboxylic acids is 1.